The lowest BCUT2D eigenvalue weighted by atomic mass is 10.0. The van der Waals surface area contributed by atoms with E-state index in [2.05, 4.69) is 74.7 Å². The number of ether oxygens (including phenoxy) is 1. The first kappa shape index (κ1) is 64.8. The fourth-order valence-corrected chi connectivity index (χ4v) is 8.95. The molecule has 67 heavy (non-hydrogen) atoms. The Kier molecular flexibility index (Phi) is 53.0. The standard InChI is InChI=1S/C61H113NO5/c1-4-7-10-13-16-19-22-25-27-29-30-32-34-36-39-42-45-48-51-54-61(66)67-57(52-49-46-43-40-37-24-21-18-15-12-9-6-3)55-60(65)62-58(56-63)59(64)53-50-47-44-41-38-35-33-31-28-26-23-20-17-14-11-8-5-2/h16,19,25,27,30,32,36,39,57-59,63-64H,4-15,17-18,20-24,26,28-29,31,33-35,37-38,40-56H2,1-3H3,(H,62,65)/b19-16-,27-25-,32-30-,39-36-. The first-order chi connectivity index (χ1) is 33.0. The van der Waals surface area contributed by atoms with E-state index >= 15 is 0 Å². The maximum absolute atomic E-state index is 13.3. The highest BCUT2D eigenvalue weighted by Gasteiger charge is 2.24. The third-order valence-electron chi connectivity index (χ3n) is 13.4. The van der Waals surface area contributed by atoms with Gasteiger partial charge in [-0.25, -0.2) is 0 Å². The highest BCUT2D eigenvalue weighted by molar-refractivity contribution is 5.77. The molecule has 0 spiro atoms. The Bertz CT molecular complexity index is 1150. The molecule has 3 unspecified atom stereocenters. The van der Waals surface area contributed by atoms with Crippen LogP contribution in [0.3, 0.4) is 0 Å². The van der Waals surface area contributed by atoms with Crippen molar-refractivity contribution in [3.63, 3.8) is 0 Å². The molecule has 392 valence electrons. The summed E-state index contributed by atoms with van der Waals surface area (Å²) in [5.41, 5.74) is 0. The SMILES string of the molecule is CCCCC/C=C\C/C=C\C/C=C\C/C=C\CCCCCC(=O)OC(CCCCCCCCCCCCCC)CC(=O)NC(CO)C(O)CCCCCCCCCCCCCCCCCCC. The maximum atomic E-state index is 13.3. The number of amides is 1. The number of hydrogen-bond donors (Lipinski definition) is 3. The van der Waals surface area contributed by atoms with Gasteiger partial charge in [-0.1, -0.05) is 268 Å². The van der Waals surface area contributed by atoms with E-state index in [-0.39, 0.29) is 24.9 Å². The van der Waals surface area contributed by atoms with Crippen molar-refractivity contribution in [2.24, 2.45) is 0 Å². The van der Waals surface area contributed by atoms with Gasteiger partial charge in [0.05, 0.1) is 25.2 Å². The van der Waals surface area contributed by atoms with Gasteiger partial charge in [0.2, 0.25) is 5.91 Å². The molecule has 1 amide bonds. The molecule has 0 aromatic carbocycles. The summed E-state index contributed by atoms with van der Waals surface area (Å²) in [5.74, 6) is -0.497. The van der Waals surface area contributed by atoms with Gasteiger partial charge in [-0.3, -0.25) is 9.59 Å². The minimum atomic E-state index is -0.793. The summed E-state index contributed by atoms with van der Waals surface area (Å²) in [7, 11) is 0. The molecular weight excluding hydrogens is 827 g/mol. The topological polar surface area (TPSA) is 95.9 Å². The number of esters is 1. The molecule has 3 N–H and O–H groups in total. The van der Waals surface area contributed by atoms with E-state index in [1.165, 1.54) is 186 Å². The Labute approximate surface area is 416 Å². The monoisotopic (exact) mass is 940 g/mol. The van der Waals surface area contributed by atoms with E-state index < -0.39 is 18.2 Å². The van der Waals surface area contributed by atoms with Crippen molar-refractivity contribution < 1.29 is 24.5 Å². The van der Waals surface area contributed by atoms with E-state index in [1.807, 2.05) is 0 Å². The van der Waals surface area contributed by atoms with Crippen LogP contribution in [0.2, 0.25) is 0 Å². The Morgan fingerprint density at radius 2 is 0.761 bits per heavy atom. The van der Waals surface area contributed by atoms with E-state index in [0.717, 1.165) is 70.6 Å². The molecule has 0 aliphatic rings. The van der Waals surface area contributed by atoms with Crippen molar-refractivity contribution in [3.05, 3.63) is 48.6 Å². The molecule has 0 aromatic heterocycles. The maximum Gasteiger partial charge on any atom is 0.306 e. The zero-order valence-electron chi connectivity index (χ0n) is 44.8. The number of aliphatic hydroxyl groups is 2. The van der Waals surface area contributed by atoms with Crippen molar-refractivity contribution in [1.29, 1.82) is 0 Å². The van der Waals surface area contributed by atoms with Gasteiger partial charge >= 0.3 is 5.97 Å². The van der Waals surface area contributed by atoms with E-state index in [9.17, 15) is 19.8 Å². The predicted molar refractivity (Wildman–Crippen MR) is 292 cm³/mol. The average Bonchev–Trinajstić information content (AvgIpc) is 3.32. The van der Waals surface area contributed by atoms with Gasteiger partial charge in [-0.2, -0.15) is 0 Å². The third kappa shape index (κ3) is 50.0. The quantitative estimate of drug-likeness (QED) is 0.0321. The van der Waals surface area contributed by atoms with Crippen molar-refractivity contribution in [2.75, 3.05) is 6.61 Å². The van der Waals surface area contributed by atoms with Crippen LogP contribution in [0.15, 0.2) is 48.6 Å². The minimum absolute atomic E-state index is 0.0676. The molecule has 0 saturated heterocycles. The smallest absolute Gasteiger partial charge is 0.306 e. The number of rotatable bonds is 53. The van der Waals surface area contributed by atoms with Crippen LogP contribution in [0.5, 0.6) is 0 Å². The third-order valence-corrected chi connectivity index (χ3v) is 13.4. The van der Waals surface area contributed by atoms with E-state index in [0.29, 0.717) is 19.3 Å². The average molecular weight is 941 g/mol. The summed E-state index contributed by atoms with van der Waals surface area (Å²) in [6.45, 7) is 6.48. The van der Waals surface area contributed by atoms with Gasteiger partial charge in [0.15, 0.2) is 0 Å². The van der Waals surface area contributed by atoms with Gasteiger partial charge in [-0.15, -0.1) is 0 Å². The second-order valence-electron chi connectivity index (χ2n) is 20.1. The minimum Gasteiger partial charge on any atom is -0.462 e. The lowest BCUT2D eigenvalue weighted by Crippen LogP contribution is -2.46. The predicted octanol–water partition coefficient (Wildman–Crippen LogP) is 18.2. The molecule has 0 aliphatic heterocycles. The van der Waals surface area contributed by atoms with E-state index in [1.54, 1.807) is 0 Å². The van der Waals surface area contributed by atoms with Crippen LogP contribution in [0.25, 0.3) is 0 Å². The molecule has 0 fully saturated rings. The van der Waals surface area contributed by atoms with Crippen molar-refractivity contribution in [3.8, 4) is 0 Å². The molecule has 3 atom stereocenters. The van der Waals surface area contributed by atoms with Gasteiger partial charge in [0, 0.05) is 6.42 Å². The van der Waals surface area contributed by atoms with Gasteiger partial charge < -0.3 is 20.3 Å². The van der Waals surface area contributed by atoms with Gasteiger partial charge in [0.1, 0.15) is 6.10 Å². The highest BCUT2D eigenvalue weighted by atomic mass is 16.5. The Morgan fingerprint density at radius 1 is 0.433 bits per heavy atom. The Morgan fingerprint density at radius 3 is 1.16 bits per heavy atom. The fourth-order valence-electron chi connectivity index (χ4n) is 8.95. The zero-order chi connectivity index (χ0) is 48.8. The number of unbranched alkanes of at least 4 members (excludes halogenated alkanes) is 33. The molecule has 0 aliphatic carbocycles. The number of hydrogen-bond acceptors (Lipinski definition) is 5. The van der Waals surface area contributed by atoms with Crippen LogP contribution in [0.4, 0.5) is 0 Å². The van der Waals surface area contributed by atoms with Crippen LogP contribution in [0, 0.1) is 0 Å². The number of carbonyl (C=O) groups is 2. The molecule has 6 heteroatoms. The Balaban J connectivity index is 4.52. The molecule has 0 radical (unpaired) electrons. The summed E-state index contributed by atoms with van der Waals surface area (Å²) in [6.07, 6.45) is 67.5. The first-order valence-corrected chi connectivity index (χ1v) is 29.4. The molecule has 0 saturated carbocycles. The number of nitrogens with one attached hydrogen (secondary N) is 1. The summed E-state index contributed by atoms with van der Waals surface area (Å²) < 4.78 is 5.95. The molecule has 0 rings (SSSR count). The molecule has 0 aromatic rings. The summed E-state index contributed by atoms with van der Waals surface area (Å²) in [5, 5.41) is 23.9. The van der Waals surface area contributed by atoms with E-state index in [4.69, 9.17) is 4.74 Å². The normalized spacial score (nSPS) is 13.4. The van der Waals surface area contributed by atoms with Crippen molar-refractivity contribution in [2.45, 2.75) is 322 Å². The molecule has 6 nitrogen and oxygen atoms in total. The second-order valence-corrected chi connectivity index (χ2v) is 20.1. The van der Waals surface area contributed by atoms with Crippen LogP contribution in [0.1, 0.15) is 303 Å². The summed E-state index contributed by atoms with van der Waals surface area (Å²) in [6, 6.07) is -0.707. The molecule has 0 bridgehead atoms. The molecule has 0 heterocycles. The fraction of sp³-hybridized carbons (Fsp3) is 0.836. The van der Waals surface area contributed by atoms with Crippen LogP contribution in [-0.4, -0.2) is 46.9 Å². The highest BCUT2D eigenvalue weighted by Crippen LogP contribution is 2.19. The first-order valence-electron chi connectivity index (χ1n) is 29.4. The zero-order valence-corrected chi connectivity index (χ0v) is 44.8. The lowest BCUT2D eigenvalue weighted by Gasteiger charge is -2.24. The van der Waals surface area contributed by atoms with Crippen LogP contribution >= 0.6 is 0 Å². The number of allylic oxidation sites excluding steroid dienone is 8. The second kappa shape index (κ2) is 54.8. The summed E-state index contributed by atoms with van der Waals surface area (Å²) in [4.78, 5) is 26.3. The van der Waals surface area contributed by atoms with Crippen LogP contribution < -0.4 is 5.32 Å². The molecular formula is C61H113NO5. The van der Waals surface area contributed by atoms with Crippen molar-refractivity contribution >= 4 is 11.9 Å². The largest absolute Gasteiger partial charge is 0.462 e. The lowest BCUT2D eigenvalue weighted by molar-refractivity contribution is -0.151. The van der Waals surface area contributed by atoms with Gasteiger partial charge in [0.25, 0.3) is 0 Å². The Hall–Kier alpha value is -2.18. The number of carbonyl (C=O) groups excluding carboxylic acids is 2. The van der Waals surface area contributed by atoms with Crippen molar-refractivity contribution in [1.82, 2.24) is 5.32 Å². The van der Waals surface area contributed by atoms with Gasteiger partial charge in [-0.05, 0) is 70.6 Å². The number of aliphatic hydroxyl groups excluding tert-OH is 2. The summed E-state index contributed by atoms with van der Waals surface area (Å²) >= 11 is 0. The van der Waals surface area contributed by atoms with Crippen LogP contribution in [-0.2, 0) is 14.3 Å².